The summed E-state index contributed by atoms with van der Waals surface area (Å²) in [6.07, 6.45) is 14.8. The second-order valence-electron chi connectivity index (χ2n) is 7.88. The van der Waals surface area contributed by atoms with Crippen LogP contribution in [0.3, 0.4) is 0 Å². The third-order valence-corrected chi connectivity index (χ3v) is 8.48. The first-order valence-corrected chi connectivity index (χ1v) is 12.8. The van der Waals surface area contributed by atoms with Crippen molar-refractivity contribution >= 4 is 7.59 Å². The summed E-state index contributed by atoms with van der Waals surface area (Å²) in [4.78, 5) is 0. The van der Waals surface area contributed by atoms with E-state index in [0.717, 1.165) is 38.9 Å². The molecular weight excluding hydrogens is 341 g/mol. The summed E-state index contributed by atoms with van der Waals surface area (Å²) < 4.78 is 20.5. The minimum absolute atomic E-state index is 0.926. The molecule has 0 heterocycles. The number of rotatable bonds is 18. The molecular formula is C21H48N3OP. The van der Waals surface area contributed by atoms with Gasteiger partial charge in [0.15, 0.2) is 0 Å². The van der Waals surface area contributed by atoms with E-state index in [9.17, 15) is 4.57 Å². The summed E-state index contributed by atoms with van der Waals surface area (Å²) in [6, 6.07) is 0. The maximum absolute atomic E-state index is 14.1. The Morgan fingerprint density at radius 1 is 0.577 bits per heavy atom. The van der Waals surface area contributed by atoms with Crippen molar-refractivity contribution < 1.29 is 4.57 Å². The molecule has 0 N–H and O–H groups in total. The normalized spacial score (nSPS) is 14.5. The standard InChI is InChI=1S/C21H48N3OP/c1-7-10-13-16-19-23(6)26(25,22(4)5)24(20-17-14-11-8-2)21-18-15-12-9-3/h7-21H2,1-6H3. The van der Waals surface area contributed by atoms with E-state index in [0.29, 0.717) is 0 Å². The van der Waals surface area contributed by atoms with E-state index in [-0.39, 0.29) is 0 Å². The summed E-state index contributed by atoms with van der Waals surface area (Å²) in [7, 11) is 3.42. The average Bonchev–Trinajstić information content (AvgIpc) is 2.62. The van der Waals surface area contributed by atoms with Gasteiger partial charge in [0.1, 0.15) is 0 Å². The van der Waals surface area contributed by atoms with Crippen LogP contribution in [0.25, 0.3) is 0 Å². The molecule has 0 aromatic rings. The average molecular weight is 390 g/mol. The van der Waals surface area contributed by atoms with Gasteiger partial charge in [-0.25, -0.2) is 14.0 Å². The van der Waals surface area contributed by atoms with Crippen LogP contribution in [-0.2, 0) is 4.57 Å². The molecule has 0 aliphatic carbocycles. The second-order valence-corrected chi connectivity index (χ2v) is 11.0. The van der Waals surface area contributed by atoms with Crippen molar-refractivity contribution in [3.63, 3.8) is 0 Å². The maximum Gasteiger partial charge on any atom is 0.286 e. The molecule has 1 atom stereocenters. The topological polar surface area (TPSA) is 26.8 Å². The highest BCUT2D eigenvalue weighted by molar-refractivity contribution is 7.56. The van der Waals surface area contributed by atoms with E-state index in [1.54, 1.807) is 0 Å². The SMILES string of the molecule is CCCCCCN(C)P(=O)(N(C)C)N(CCCCCC)CCCCCC. The fourth-order valence-electron chi connectivity index (χ4n) is 3.49. The summed E-state index contributed by atoms with van der Waals surface area (Å²) in [5.41, 5.74) is 0. The van der Waals surface area contributed by atoms with E-state index < -0.39 is 7.59 Å². The maximum atomic E-state index is 14.1. The Hall–Kier alpha value is 0.110. The highest BCUT2D eigenvalue weighted by Gasteiger charge is 2.36. The fourth-order valence-corrected chi connectivity index (χ4v) is 6.24. The van der Waals surface area contributed by atoms with Crippen LogP contribution in [-0.4, -0.2) is 54.8 Å². The molecule has 5 heteroatoms. The molecule has 0 fully saturated rings. The Morgan fingerprint density at radius 2 is 0.962 bits per heavy atom. The molecule has 1 unspecified atom stereocenters. The third-order valence-electron chi connectivity index (χ3n) is 5.21. The number of unbranched alkanes of at least 4 members (excludes halogenated alkanes) is 9. The molecule has 26 heavy (non-hydrogen) atoms. The van der Waals surface area contributed by atoms with Gasteiger partial charge < -0.3 is 0 Å². The van der Waals surface area contributed by atoms with Gasteiger partial charge in [-0.2, -0.15) is 0 Å². The van der Waals surface area contributed by atoms with E-state index in [1.807, 2.05) is 18.8 Å². The minimum Gasteiger partial charge on any atom is -0.270 e. The lowest BCUT2D eigenvalue weighted by molar-refractivity contribution is 0.299. The molecule has 0 aromatic carbocycles. The molecule has 0 saturated carbocycles. The Bertz CT molecular complexity index is 351. The highest BCUT2D eigenvalue weighted by Crippen LogP contribution is 2.54. The number of nitrogens with zero attached hydrogens (tertiary/aromatic N) is 3. The largest absolute Gasteiger partial charge is 0.286 e. The van der Waals surface area contributed by atoms with Gasteiger partial charge in [0, 0.05) is 19.6 Å². The van der Waals surface area contributed by atoms with E-state index in [2.05, 4.69) is 37.2 Å². The van der Waals surface area contributed by atoms with E-state index in [4.69, 9.17) is 0 Å². The van der Waals surface area contributed by atoms with Crippen molar-refractivity contribution in [2.75, 3.05) is 40.8 Å². The van der Waals surface area contributed by atoms with Gasteiger partial charge in [-0.15, -0.1) is 0 Å². The van der Waals surface area contributed by atoms with Crippen molar-refractivity contribution in [3.05, 3.63) is 0 Å². The fraction of sp³-hybridized carbons (Fsp3) is 1.00. The predicted molar refractivity (Wildman–Crippen MR) is 118 cm³/mol. The molecule has 158 valence electrons. The predicted octanol–water partition coefficient (Wildman–Crippen LogP) is 6.63. The first-order valence-electron chi connectivity index (χ1n) is 11.2. The molecule has 0 rings (SSSR count). The molecule has 0 bridgehead atoms. The van der Waals surface area contributed by atoms with Crippen LogP contribution in [0.4, 0.5) is 0 Å². The summed E-state index contributed by atoms with van der Waals surface area (Å²) >= 11 is 0. The van der Waals surface area contributed by atoms with E-state index in [1.165, 1.54) is 57.8 Å². The van der Waals surface area contributed by atoms with Gasteiger partial charge in [0.2, 0.25) is 0 Å². The van der Waals surface area contributed by atoms with Crippen LogP contribution >= 0.6 is 7.59 Å². The van der Waals surface area contributed by atoms with Crippen molar-refractivity contribution in [2.45, 2.75) is 97.8 Å². The highest BCUT2D eigenvalue weighted by atomic mass is 31.2. The lowest BCUT2D eigenvalue weighted by atomic mass is 10.2. The molecule has 0 amide bonds. The number of hydrogen-bond donors (Lipinski definition) is 0. The summed E-state index contributed by atoms with van der Waals surface area (Å²) in [5.74, 6) is 0. The quantitative estimate of drug-likeness (QED) is 0.194. The Labute approximate surface area is 165 Å². The minimum atomic E-state index is -2.64. The molecule has 0 aliphatic heterocycles. The van der Waals surface area contributed by atoms with Gasteiger partial charge in [-0.05, 0) is 40.4 Å². The lowest BCUT2D eigenvalue weighted by Crippen LogP contribution is -2.38. The van der Waals surface area contributed by atoms with Crippen LogP contribution in [0.5, 0.6) is 0 Å². The molecule has 0 aliphatic rings. The third kappa shape index (κ3) is 9.88. The van der Waals surface area contributed by atoms with Gasteiger partial charge in [-0.1, -0.05) is 78.6 Å². The van der Waals surface area contributed by atoms with Crippen molar-refractivity contribution in [2.24, 2.45) is 0 Å². The smallest absolute Gasteiger partial charge is 0.270 e. The van der Waals surface area contributed by atoms with E-state index >= 15 is 0 Å². The van der Waals surface area contributed by atoms with Crippen LogP contribution in [0.1, 0.15) is 97.8 Å². The molecule has 0 aromatic heterocycles. The first kappa shape index (κ1) is 26.1. The zero-order valence-electron chi connectivity index (χ0n) is 18.8. The monoisotopic (exact) mass is 389 g/mol. The van der Waals surface area contributed by atoms with Crippen molar-refractivity contribution in [1.29, 1.82) is 0 Å². The molecule has 0 spiro atoms. The summed E-state index contributed by atoms with van der Waals surface area (Å²) in [6.45, 7) is 9.58. The zero-order chi connectivity index (χ0) is 19.8. The van der Waals surface area contributed by atoms with Crippen LogP contribution in [0, 0.1) is 0 Å². The van der Waals surface area contributed by atoms with Gasteiger partial charge in [-0.3, -0.25) is 4.57 Å². The Kier molecular flexibility index (Phi) is 16.2. The van der Waals surface area contributed by atoms with Crippen LogP contribution < -0.4 is 0 Å². The van der Waals surface area contributed by atoms with Gasteiger partial charge >= 0.3 is 0 Å². The van der Waals surface area contributed by atoms with Gasteiger partial charge in [0.05, 0.1) is 0 Å². The first-order chi connectivity index (χ1) is 12.4. The van der Waals surface area contributed by atoms with Crippen molar-refractivity contribution in [1.82, 2.24) is 14.0 Å². The Morgan fingerprint density at radius 3 is 1.31 bits per heavy atom. The molecule has 4 nitrogen and oxygen atoms in total. The summed E-state index contributed by atoms with van der Waals surface area (Å²) in [5, 5.41) is 0. The zero-order valence-corrected chi connectivity index (χ0v) is 19.7. The van der Waals surface area contributed by atoms with Crippen LogP contribution in [0.15, 0.2) is 0 Å². The molecule has 0 saturated heterocycles. The van der Waals surface area contributed by atoms with Gasteiger partial charge in [0.25, 0.3) is 7.59 Å². The van der Waals surface area contributed by atoms with Crippen molar-refractivity contribution in [3.8, 4) is 0 Å². The Balaban J connectivity index is 4.96. The second kappa shape index (κ2) is 16.1. The number of hydrogen-bond acceptors (Lipinski definition) is 1. The molecule has 0 radical (unpaired) electrons. The van der Waals surface area contributed by atoms with Crippen LogP contribution in [0.2, 0.25) is 0 Å². The lowest BCUT2D eigenvalue weighted by Gasteiger charge is -2.41.